The van der Waals surface area contributed by atoms with E-state index in [0.717, 1.165) is 5.56 Å². The van der Waals surface area contributed by atoms with E-state index in [-0.39, 0.29) is 12.5 Å². The molecule has 0 saturated heterocycles. The lowest BCUT2D eigenvalue weighted by molar-refractivity contribution is 0.102. The summed E-state index contributed by atoms with van der Waals surface area (Å²) >= 11 is 5.78. The zero-order valence-corrected chi connectivity index (χ0v) is 10.8. The molecule has 1 amide bonds. The van der Waals surface area contributed by atoms with Gasteiger partial charge in [0.25, 0.3) is 5.91 Å². The summed E-state index contributed by atoms with van der Waals surface area (Å²) in [5.41, 5.74) is 7.86. The number of benzene rings is 2. The highest BCUT2D eigenvalue weighted by atomic mass is 35.5. The predicted molar refractivity (Wildman–Crippen MR) is 76.2 cm³/mol. The Morgan fingerprint density at radius 1 is 1.21 bits per heavy atom. The normalized spacial score (nSPS) is 10.2. The largest absolute Gasteiger partial charge is 0.398 e. The molecule has 0 aromatic heterocycles. The maximum Gasteiger partial charge on any atom is 0.257 e. The average Bonchev–Trinajstić information content (AvgIpc) is 2.39. The third-order valence-corrected chi connectivity index (χ3v) is 2.89. The van der Waals surface area contributed by atoms with Crippen LogP contribution in [0.5, 0.6) is 0 Å². The van der Waals surface area contributed by atoms with Crippen LogP contribution in [0.3, 0.4) is 0 Å². The van der Waals surface area contributed by atoms with Crippen molar-refractivity contribution in [2.75, 3.05) is 11.1 Å². The van der Waals surface area contributed by atoms with Crippen molar-refractivity contribution in [3.8, 4) is 0 Å². The smallest absolute Gasteiger partial charge is 0.257 e. The lowest BCUT2D eigenvalue weighted by atomic mass is 10.1. The Labute approximate surface area is 115 Å². The molecule has 0 heterocycles. The van der Waals surface area contributed by atoms with Gasteiger partial charge in [0.2, 0.25) is 0 Å². The highest BCUT2D eigenvalue weighted by Gasteiger charge is 2.10. The Bertz CT molecular complexity index is 597. The molecule has 0 spiro atoms. The van der Waals surface area contributed by atoms with E-state index < -0.39 is 0 Å². The molecule has 4 nitrogen and oxygen atoms in total. The number of hydrogen-bond donors (Lipinski definition) is 3. The van der Waals surface area contributed by atoms with Crippen molar-refractivity contribution in [1.29, 1.82) is 0 Å². The van der Waals surface area contributed by atoms with Crippen molar-refractivity contribution in [2.45, 2.75) is 6.61 Å². The van der Waals surface area contributed by atoms with Gasteiger partial charge in [-0.25, -0.2) is 0 Å². The Balaban J connectivity index is 2.15. The van der Waals surface area contributed by atoms with Crippen LogP contribution in [0.4, 0.5) is 11.4 Å². The number of aliphatic hydroxyl groups excluding tert-OH is 1. The summed E-state index contributed by atoms with van der Waals surface area (Å²) < 4.78 is 0. The zero-order valence-electron chi connectivity index (χ0n) is 10.1. The summed E-state index contributed by atoms with van der Waals surface area (Å²) in [4.78, 5) is 12.0. The Hall–Kier alpha value is -2.04. The van der Waals surface area contributed by atoms with Crippen LogP contribution in [0.2, 0.25) is 5.02 Å². The van der Waals surface area contributed by atoms with Gasteiger partial charge in [0.15, 0.2) is 0 Å². The van der Waals surface area contributed by atoms with Gasteiger partial charge < -0.3 is 16.2 Å². The Kier molecular flexibility index (Phi) is 4.04. The number of carbonyl (C=O) groups excluding carboxylic acids is 1. The number of nitrogens with one attached hydrogen (secondary N) is 1. The first-order valence-electron chi connectivity index (χ1n) is 5.66. The molecule has 2 rings (SSSR count). The summed E-state index contributed by atoms with van der Waals surface area (Å²) in [5, 5.41) is 12.1. The number of nitrogen functional groups attached to an aromatic ring is 1. The van der Waals surface area contributed by atoms with Crippen LogP contribution in [-0.4, -0.2) is 11.0 Å². The molecule has 98 valence electrons. The molecule has 0 saturated carbocycles. The standard InChI is InChI=1S/C14H13ClN2O2/c15-10-3-6-12(13(16)7-10)14(19)17-11-4-1-9(8-18)2-5-11/h1-7,18H,8,16H2,(H,17,19). The van der Waals surface area contributed by atoms with Crippen molar-refractivity contribution in [3.05, 3.63) is 58.6 Å². The fourth-order valence-corrected chi connectivity index (χ4v) is 1.81. The minimum absolute atomic E-state index is 0.0294. The van der Waals surface area contributed by atoms with E-state index >= 15 is 0 Å². The van der Waals surface area contributed by atoms with E-state index in [4.69, 9.17) is 22.4 Å². The maximum atomic E-state index is 12.0. The molecule has 0 atom stereocenters. The average molecular weight is 277 g/mol. The highest BCUT2D eigenvalue weighted by molar-refractivity contribution is 6.31. The van der Waals surface area contributed by atoms with Gasteiger partial charge in [0.05, 0.1) is 12.2 Å². The minimum atomic E-state index is -0.300. The van der Waals surface area contributed by atoms with Gasteiger partial charge in [-0.1, -0.05) is 23.7 Å². The summed E-state index contributed by atoms with van der Waals surface area (Å²) in [5.74, 6) is -0.300. The monoisotopic (exact) mass is 276 g/mol. The van der Waals surface area contributed by atoms with E-state index in [0.29, 0.717) is 22.0 Å². The van der Waals surface area contributed by atoms with E-state index in [1.165, 1.54) is 6.07 Å². The quantitative estimate of drug-likeness (QED) is 0.755. The molecule has 0 fully saturated rings. The fraction of sp³-hybridized carbons (Fsp3) is 0.0714. The summed E-state index contributed by atoms with van der Waals surface area (Å²) in [6, 6.07) is 11.6. The molecule has 0 aliphatic carbocycles. The molecular formula is C14H13ClN2O2. The number of halogens is 1. The summed E-state index contributed by atoms with van der Waals surface area (Å²) in [6.45, 7) is -0.0294. The number of nitrogens with two attached hydrogens (primary N) is 1. The van der Waals surface area contributed by atoms with Crippen LogP contribution in [0.1, 0.15) is 15.9 Å². The van der Waals surface area contributed by atoms with Gasteiger partial charge >= 0.3 is 0 Å². The minimum Gasteiger partial charge on any atom is -0.398 e. The van der Waals surface area contributed by atoms with Gasteiger partial charge in [-0.2, -0.15) is 0 Å². The Morgan fingerprint density at radius 2 is 1.89 bits per heavy atom. The van der Waals surface area contributed by atoms with Crippen LogP contribution in [0.15, 0.2) is 42.5 Å². The van der Waals surface area contributed by atoms with Crippen molar-refractivity contribution < 1.29 is 9.90 Å². The van der Waals surface area contributed by atoms with Crippen LogP contribution in [-0.2, 0) is 6.61 Å². The van der Waals surface area contributed by atoms with Crippen molar-refractivity contribution >= 4 is 28.9 Å². The number of hydrogen-bond acceptors (Lipinski definition) is 3. The zero-order chi connectivity index (χ0) is 13.8. The number of aliphatic hydroxyl groups is 1. The highest BCUT2D eigenvalue weighted by Crippen LogP contribution is 2.19. The molecule has 19 heavy (non-hydrogen) atoms. The van der Waals surface area contributed by atoms with Crippen molar-refractivity contribution in [1.82, 2.24) is 0 Å². The fourth-order valence-electron chi connectivity index (χ4n) is 1.63. The molecular weight excluding hydrogens is 264 g/mol. The van der Waals surface area contributed by atoms with Gasteiger partial charge in [-0.3, -0.25) is 4.79 Å². The van der Waals surface area contributed by atoms with Crippen LogP contribution in [0, 0.1) is 0 Å². The molecule has 4 N–H and O–H groups in total. The van der Waals surface area contributed by atoms with Crippen LogP contribution < -0.4 is 11.1 Å². The molecule has 0 aliphatic heterocycles. The van der Waals surface area contributed by atoms with Crippen LogP contribution >= 0.6 is 11.6 Å². The molecule has 2 aromatic carbocycles. The van der Waals surface area contributed by atoms with Crippen LogP contribution in [0.25, 0.3) is 0 Å². The first kappa shape index (κ1) is 13.4. The molecule has 5 heteroatoms. The molecule has 2 aromatic rings. The molecule has 0 unspecified atom stereocenters. The number of rotatable bonds is 3. The summed E-state index contributed by atoms with van der Waals surface area (Å²) in [7, 11) is 0. The maximum absolute atomic E-state index is 12.0. The van der Waals surface area contributed by atoms with E-state index in [1.807, 2.05) is 0 Å². The lowest BCUT2D eigenvalue weighted by Crippen LogP contribution is -2.13. The third kappa shape index (κ3) is 3.24. The second kappa shape index (κ2) is 5.73. The van der Waals surface area contributed by atoms with Gasteiger partial charge in [-0.05, 0) is 35.9 Å². The van der Waals surface area contributed by atoms with Crippen molar-refractivity contribution in [2.24, 2.45) is 0 Å². The number of carbonyl (C=O) groups is 1. The number of anilines is 2. The van der Waals surface area contributed by atoms with Crippen molar-refractivity contribution in [3.63, 3.8) is 0 Å². The van der Waals surface area contributed by atoms with E-state index in [2.05, 4.69) is 5.32 Å². The summed E-state index contributed by atoms with van der Waals surface area (Å²) in [6.07, 6.45) is 0. The first-order valence-corrected chi connectivity index (χ1v) is 6.04. The topological polar surface area (TPSA) is 75.4 Å². The van der Waals surface area contributed by atoms with Gasteiger partial charge in [0.1, 0.15) is 0 Å². The second-order valence-electron chi connectivity index (χ2n) is 4.04. The van der Waals surface area contributed by atoms with E-state index in [9.17, 15) is 4.79 Å². The number of amides is 1. The SMILES string of the molecule is Nc1cc(Cl)ccc1C(=O)Nc1ccc(CO)cc1. The molecule has 0 radical (unpaired) electrons. The Morgan fingerprint density at radius 3 is 2.47 bits per heavy atom. The lowest BCUT2D eigenvalue weighted by Gasteiger charge is -2.08. The molecule has 0 aliphatic rings. The molecule has 0 bridgehead atoms. The van der Waals surface area contributed by atoms with E-state index in [1.54, 1.807) is 36.4 Å². The predicted octanol–water partition coefficient (Wildman–Crippen LogP) is 2.67. The van der Waals surface area contributed by atoms with Gasteiger partial charge in [-0.15, -0.1) is 0 Å². The van der Waals surface area contributed by atoms with Gasteiger partial charge in [0, 0.05) is 16.4 Å². The first-order chi connectivity index (χ1) is 9.10. The second-order valence-corrected chi connectivity index (χ2v) is 4.48. The third-order valence-electron chi connectivity index (χ3n) is 2.65.